The average molecular weight is 492 g/mol. The molecule has 0 aliphatic rings. The van der Waals surface area contributed by atoms with E-state index in [0.717, 1.165) is 5.56 Å². The van der Waals surface area contributed by atoms with Gasteiger partial charge in [-0.1, -0.05) is 48.0 Å². The molecular weight excluding hydrogens is 470 g/mol. The monoisotopic (exact) mass is 491 g/mol. The number of nitriles is 1. The van der Waals surface area contributed by atoms with Crippen LogP contribution in [0.4, 0.5) is 11.4 Å². The number of carbonyl (C=O) groups excluding carboxylic acids is 1. The zero-order chi connectivity index (χ0) is 25.4. The molecular formula is C26H22ClN3O5. The van der Waals surface area contributed by atoms with Crippen molar-refractivity contribution in [2.75, 3.05) is 11.9 Å². The smallest absolute Gasteiger partial charge is 0.271 e. The van der Waals surface area contributed by atoms with E-state index < -0.39 is 10.8 Å². The summed E-state index contributed by atoms with van der Waals surface area (Å²) >= 11 is 6.46. The number of ether oxygens (including phenoxy) is 2. The minimum atomic E-state index is -0.713. The Morgan fingerprint density at radius 2 is 1.91 bits per heavy atom. The van der Waals surface area contributed by atoms with Gasteiger partial charge >= 0.3 is 0 Å². The van der Waals surface area contributed by atoms with Crippen LogP contribution in [0.1, 0.15) is 23.6 Å². The maximum Gasteiger partial charge on any atom is 0.271 e. The Morgan fingerprint density at radius 1 is 1.17 bits per heavy atom. The zero-order valence-corrected chi connectivity index (χ0v) is 19.8. The van der Waals surface area contributed by atoms with Gasteiger partial charge in [0, 0.05) is 12.1 Å². The fourth-order valence-electron chi connectivity index (χ4n) is 3.17. The van der Waals surface area contributed by atoms with Gasteiger partial charge < -0.3 is 14.8 Å². The fraction of sp³-hybridized carbons (Fsp3) is 0.154. The van der Waals surface area contributed by atoms with Gasteiger partial charge in [-0.15, -0.1) is 0 Å². The minimum absolute atomic E-state index is 0.174. The first-order valence-electron chi connectivity index (χ1n) is 10.6. The molecule has 0 atom stereocenters. The molecule has 8 nitrogen and oxygen atoms in total. The first kappa shape index (κ1) is 25.3. The first-order valence-corrected chi connectivity index (χ1v) is 11.0. The summed E-state index contributed by atoms with van der Waals surface area (Å²) in [5, 5.41) is 23.4. The summed E-state index contributed by atoms with van der Waals surface area (Å²) in [6.45, 7) is 4.14. The highest BCUT2D eigenvalue weighted by Crippen LogP contribution is 2.38. The highest BCUT2D eigenvalue weighted by atomic mass is 35.5. The number of benzene rings is 3. The number of nitro groups is 1. The predicted molar refractivity (Wildman–Crippen MR) is 133 cm³/mol. The number of non-ortho nitro benzene ring substituents is 1. The highest BCUT2D eigenvalue weighted by Gasteiger charge is 2.17. The maximum atomic E-state index is 12.7. The first-order chi connectivity index (χ1) is 16.8. The van der Waals surface area contributed by atoms with Crippen LogP contribution in [0.25, 0.3) is 6.08 Å². The molecule has 9 heteroatoms. The number of nitrogens with zero attached hydrogens (tertiary/aromatic N) is 2. The number of hydrogen-bond donors (Lipinski definition) is 1. The van der Waals surface area contributed by atoms with Crippen molar-refractivity contribution in [1.29, 1.82) is 5.26 Å². The molecule has 3 aromatic rings. The van der Waals surface area contributed by atoms with Crippen LogP contribution in [0, 0.1) is 28.4 Å². The van der Waals surface area contributed by atoms with Crippen molar-refractivity contribution in [2.24, 2.45) is 0 Å². The molecule has 0 bridgehead atoms. The number of amides is 1. The molecule has 0 aliphatic carbocycles. The molecule has 1 amide bonds. The van der Waals surface area contributed by atoms with Crippen molar-refractivity contribution in [1.82, 2.24) is 0 Å². The van der Waals surface area contributed by atoms with Crippen LogP contribution in [-0.2, 0) is 11.4 Å². The lowest BCUT2D eigenvalue weighted by atomic mass is 10.1. The van der Waals surface area contributed by atoms with E-state index >= 15 is 0 Å². The van der Waals surface area contributed by atoms with E-state index in [2.05, 4.69) is 5.32 Å². The third-order valence-corrected chi connectivity index (χ3v) is 5.19. The van der Waals surface area contributed by atoms with Crippen molar-refractivity contribution < 1.29 is 19.2 Å². The Morgan fingerprint density at radius 3 is 2.57 bits per heavy atom. The number of rotatable bonds is 9. The van der Waals surface area contributed by atoms with Crippen LogP contribution in [0.15, 0.2) is 66.2 Å². The Hall–Kier alpha value is -4.35. The van der Waals surface area contributed by atoms with Gasteiger partial charge in [-0.3, -0.25) is 14.9 Å². The second-order valence-electron chi connectivity index (χ2n) is 7.42. The topological polar surface area (TPSA) is 114 Å². The van der Waals surface area contributed by atoms with E-state index in [9.17, 15) is 20.2 Å². The van der Waals surface area contributed by atoms with Crippen LogP contribution in [-0.4, -0.2) is 17.4 Å². The van der Waals surface area contributed by atoms with Crippen LogP contribution in [0.3, 0.4) is 0 Å². The van der Waals surface area contributed by atoms with Gasteiger partial charge in [-0.05, 0) is 48.7 Å². The standard InChI is InChI=1S/C26H22ClN3O5/c1-3-34-24-13-19(12-22(27)25(24)35-16-18-7-5-4-6-8-18)11-20(15-28)26(31)29-23-14-21(30(32)33)10-9-17(23)2/h4-14H,3,16H2,1-2H3,(H,29,31)/b20-11+. The van der Waals surface area contributed by atoms with E-state index in [-0.39, 0.29) is 28.6 Å². The number of nitro benzene ring substituents is 1. The quantitative estimate of drug-likeness (QED) is 0.168. The van der Waals surface area contributed by atoms with E-state index in [1.165, 1.54) is 24.3 Å². The Bertz CT molecular complexity index is 1320. The number of anilines is 1. The summed E-state index contributed by atoms with van der Waals surface area (Å²) in [4.78, 5) is 23.2. The number of halogens is 1. The van der Waals surface area contributed by atoms with Gasteiger partial charge in [0.2, 0.25) is 0 Å². The number of hydrogen-bond acceptors (Lipinski definition) is 6. The maximum absolute atomic E-state index is 12.7. The fourth-order valence-corrected chi connectivity index (χ4v) is 3.44. The van der Waals surface area contributed by atoms with E-state index in [1.807, 2.05) is 43.3 Å². The molecule has 0 unspecified atom stereocenters. The lowest BCUT2D eigenvalue weighted by Crippen LogP contribution is -2.14. The Kier molecular flexibility index (Phi) is 8.43. The summed E-state index contributed by atoms with van der Waals surface area (Å²) in [5.74, 6) is 0.00805. The lowest BCUT2D eigenvalue weighted by Gasteiger charge is -2.15. The van der Waals surface area contributed by atoms with Crippen LogP contribution in [0.2, 0.25) is 5.02 Å². The van der Waals surface area contributed by atoms with E-state index in [1.54, 1.807) is 19.1 Å². The molecule has 0 saturated carbocycles. The molecule has 1 N–H and O–H groups in total. The van der Waals surface area contributed by atoms with Gasteiger partial charge in [-0.25, -0.2) is 0 Å². The molecule has 0 heterocycles. The molecule has 178 valence electrons. The van der Waals surface area contributed by atoms with Crippen LogP contribution >= 0.6 is 11.6 Å². The van der Waals surface area contributed by atoms with Gasteiger partial charge in [0.05, 0.1) is 22.2 Å². The molecule has 3 aromatic carbocycles. The molecule has 0 aliphatic heterocycles. The SMILES string of the molecule is CCOc1cc(/C=C(\C#N)C(=O)Nc2cc([N+](=O)[O-])ccc2C)cc(Cl)c1OCc1ccccc1. The van der Waals surface area contributed by atoms with Crippen molar-refractivity contribution in [3.63, 3.8) is 0 Å². The summed E-state index contributed by atoms with van der Waals surface area (Å²) < 4.78 is 11.6. The molecule has 0 radical (unpaired) electrons. The third-order valence-electron chi connectivity index (χ3n) is 4.91. The highest BCUT2D eigenvalue weighted by molar-refractivity contribution is 6.32. The van der Waals surface area contributed by atoms with Gasteiger partial charge in [-0.2, -0.15) is 5.26 Å². The predicted octanol–water partition coefficient (Wildman–Crippen LogP) is 6.08. The van der Waals surface area contributed by atoms with Crippen LogP contribution < -0.4 is 14.8 Å². The minimum Gasteiger partial charge on any atom is -0.490 e. The summed E-state index contributed by atoms with van der Waals surface area (Å²) in [7, 11) is 0. The number of nitrogens with one attached hydrogen (secondary N) is 1. The molecule has 0 saturated heterocycles. The lowest BCUT2D eigenvalue weighted by molar-refractivity contribution is -0.384. The summed E-state index contributed by atoms with van der Waals surface area (Å²) in [5.41, 5.74) is 1.87. The van der Waals surface area contributed by atoms with Crippen molar-refractivity contribution in [3.05, 3.63) is 98.1 Å². The van der Waals surface area contributed by atoms with Crippen molar-refractivity contribution in [3.8, 4) is 17.6 Å². The Labute approximate surface area is 207 Å². The number of carbonyl (C=O) groups is 1. The van der Waals surface area contributed by atoms with E-state index in [0.29, 0.717) is 29.2 Å². The Balaban J connectivity index is 1.87. The van der Waals surface area contributed by atoms with Gasteiger partial charge in [0.25, 0.3) is 11.6 Å². The second kappa shape index (κ2) is 11.7. The van der Waals surface area contributed by atoms with Gasteiger partial charge in [0.1, 0.15) is 18.2 Å². The van der Waals surface area contributed by atoms with Crippen molar-refractivity contribution >= 4 is 35.0 Å². The van der Waals surface area contributed by atoms with E-state index in [4.69, 9.17) is 21.1 Å². The molecule has 0 spiro atoms. The normalized spacial score (nSPS) is 10.9. The zero-order valence-electron chi connectivity index (χ0n) is 19.1. The van der Waals surface area contributed by atoms with Crippen molar-refractivity contribution in [2.45, 2.75) is 20.5 Å². The summed E-state index contributed by atoms with van der Waals surface area (Å²) in [6, 6.07) is 18.7. The molecule has 35 heavy (non-hydrogen) atoms. The van der Waals surface area contributed by atoms with Crippen LogP contribution in [0.5, 0.6) is 11.5 Å². The molecule has 0 fully saturated rings. The molecule has 3 rings (SSSR count). The van der Waals surface area contributed by atoms with Gasteiger partial charge in [0.15, 0.2) is 11.5 Å². The molecule has 0 aromatic heterocycles. The second-order valence-corrected chi connectivity index (χ2v) is 7.82. The average Bonchev–Trinajstić information content (AvgIpc) is 2.84. The number of aryl methyl sites for hydroxylation is 1. The summed E-state index contributed by atoms with van der Waals surface area (Å²) in [6.07, 6.45) is 1.36. The largest absolute Gasteiger partial charge is 0.490 e. The third kappa shape index (κ3) is 6.59.